The highest BCUT2D eigenvalue weighted by Gasteiger charge is 2.48. The van der Waals surface area contributed by atoms with E-state index in [1.165, 1.54) is 0 Å². The number of aromatic nitrogens is 2. The van der Waals surface area contributed by atoms with Gasteiger partial charge in [0, 0.05) is 51.6 Å². The van der Waals surface area contributed by atoms with Gasteiger partial charge in [-0.2, -0.15) is 0 Å². The number of ether oxygens (including phenoxy) is 1. The summed E-state index contributed by atoms with van der Waals surface area (Å²) in [5, 5.41) is 9.95. The minimum atomic E-state index is -0.250. The molecule has 2 heterocycles. The minimum absolute atomic E-state index is 0.0660. The second kappa shape index (κ2) is 11.4. The van der Waals surface area contributed by atoms with Crippen LogP contribution < -0.4 is 5.32 Å². The summed E-state index contributed by atoms with van der Waals surface area (Å²) in [5.74, 6) is 1.29. The first-order chi connectivity index (χ1) is 13.6. The van der Waals surface area contributed by atoms with Crippen molar-refractivity contribution in [3.63, 3.8) is 0 Å². The van der Waals surface area contributed by atoms with Gasteiger partial charge >= 0.3 is 0 Å². The summed E-state index contributed by atoms with van der Waals surface area (Å²) >= 11 is 0. The molecule has 1 saturated carbocycles. The van der Waals surface area contributed by atoms with Gasteiger partial charge in [-0.05, 0) is 31.1 Å². The number of carbonyl (C=O) groups is 3. The molecule has 9 heteroatoms. The summed E-state index contributed by atoms with van der Waals surface area (Å²) in [6, 6.07) is 0. The van der Waals surface area contributed by atoms with Gasteiger partial charge in [-0.15, -0.1) is 0 Å². The molecule has 2 amide bonds. The number of hydrogen-bond donors (Lipinski definition) is 2. The van der Waals surface area contributed by atoms with Crippen LogP contribution in [0.3, 0.4) is 0 Å². The van der Waals surface area contributed by atoms with Crippen LogP contribution in [0.25, 0.3) is 0 Å². The van der Waals surface area contributed by atoms with E-state index in [1.807, 2.05) is 15.7 Å². The van der Waals surface area contributed by atoms with Gasteiger partial charge in [-0.3, -0.25) is 14.4 Å². The Balaban J connectivity index is 0.000000878. The van der Waals surface area contributed by atoms with Crippen LogP contribution in [0, 0.1) is 17.8 Å². The molecule has 2 fully saturated rings. The summed E-state index contributed by atoms with van der Waals surface area (Å²) in [6.07, 6.45) is 8.79. The van der Waals surface area contributed by atoms with Crippen molar-refractivity contribution in [2.45, 2.75) is 32.2 Å². The molecule has 3 rings (SSSR count). The minimum Gasteiger partial charge on any atom is -0.483 e. The molecule has 1 aromatic rings. The normalized spacial score (nSPS) is 22.9. The van der Waals surface area contributed by atoms with Gasteiger partial charge in [-0.1, -0.05) is 0 Å². The Morgan fingerprint density at radius 2 is 2.21 bits per heavy atom. The summed E-state index contributed by atoms with van der Waals surface area (Å²) in [5.41, 5.74) is 0. The maximum Gasteiger partial charge on any atom is 0.290 e. The van der Waals surface area contributed by atoms with Crippen LogP contribution in [0.1, 0.15) is 25.7 Å². The van der Waals surface area contributed by atoms with Gasteiger partial charge in [0.05, 0.1) is 19.4 Å². The van der Waals surface area contributed by atoms with Crippen LogP contribution in [-0.2, 0) is 25.7 Å². The van der Waals surface area contributed by atoms with Crippen LogP contribution in [-0.4, -0.2) is 71.2 Å². The van der Waals surface area contributed by atoms with Crippen LogP contribution >= 0.6 is 0 Å². The number of hydrogen-bond acceptors (Lipinski definition) is 5. The van der Waals surface area contributed by atoms with Crippen LogP contribution in [0.2, 0.25) is 0 Å². The Hall–Kier alpha value is -2.42. The zero-order chi connectivity index (χ0) is 20.4. The number of methoxy groups -OCH3 is 1. The molecule has 0 spiro atoms. The number of carbonyl (C=O) groups excluding carboxylic acids is 2. The Labute approximate surface area is 165 Å². The van der Waals surface area contributed by atoms with Crippen molar-refractivity contribution in [1.82, 2.24) is 19.8 Å². The van der Waals surface area contributed by atoms with Crippen molar-refractivity contribution in [2.75, 3.05) is 33.4 Å². The second-order valence-corrected chi connectivity index (χ2v) is 7.19. The lowest BCUT2D eigenvalue weighted by atomic mass is 9.61. The van der Waals surface area contributed by atoms with Crippen molar-refractivity contribution in [3.8, 4) is 0 Å². The first-order valence-corrected chi connectivity index (χ1v) is 9.68. The van der Waals surface area contributed by atoms with Gasteiger partial charge in [0.15, 0.2) is 0 Å². The van der Waals surface area contributed by atoms with Crippen molar-refractivity contribution < 1.29 is 24.2 Å². The van der Waals surface area contributed by atoms with Crippen molar-refractivity contribution >= 4 is 18.3 Å². The van der Waals surface area contributed by atoms with Gasteiger partial charge in [0.1, 0.15) is 0 Å². The zero-order valence-corrected chi connectivity index (χ0v) is 16.3. The topological polar surface area (TPSA) is 114 Å². The first kappa shape index (κ1) is 21.9. The molecule has 3 atom stereocenters. The highest BCUT2D eigenvalue weighted by atomic mass is 16.5. The third-order valence-electron chi connectivity index (χ3n) is 5.54. The molecule has 1 aliphatic carbocycles. The molecule has 0 bridgehead atoms. The quantitative estimate of drug-likeness (QED) is 0.493. The fourth-order valence-electron chi connectivity index (χ4n) is 3.98. The number of aryl methyl sites for hydroxylation is 1. The molecule has 0 radical (unpaired) electrons. The molecule has 0 aromatic carbocycles. The highest BCUT2D eigenvalue weighted by Crippen LogP contribution is 2.45. The molecule has 1 saturated heterocycles. The molecular weight excluding hydrogens is 364 g/mol. The van der Waals surface area contributed by atoms with Gasteiger partial charge in [-0.25, -0.2) is 4.98 Å². The van der Waals surface area contributed by atoms with Crippen molar-refractivity contribution in [1.29, 1.82) is 0 Å². The zero-order valence-electron chi connectivity index (χ0n) is 16.3. The molecule has 28 heavy (non-hydrogen) atoms. The molecular formula is C19H30N4O5. The van der Waals surface area contributed by atoms with Gasteiger partial charge < -0.3 is 24.6 Å². The maximum atomic E-state index is 12.4. The lowest BCUT2D eigenvalue weighted by Gasteiger charge is -2.50. The average Bonchev–Trinajstić information content (AvgIpc) is 3.18. The van der Waals surface area contributed by atoms with E-state index in [2.05, 4.69) is 10.3 Å². The van der Waals surface area contributed by atoms with Crippen LogP contribution in [0.4, 0.5) is 0 Å². The Kier molecular flexibility index (Phi) is 8.93. The van der Waals surface area contributed by atoms with Crippen LogP contribution in [0.15, 0.2) is 18.7 Å². The van der Waals surface area contributed by atoms with E-state index in [-0.39, 0.29) is 24.2 Å². The number of likely N-dealkylation sites (tertiary alicyclic amines) is 1. The largest absolute Gasteiger partial charge is 0.483 e. The Morgan fingerprint density at radius 3 is 2.89 bits per heavy atom. The van der Waals surface area contributed by atoms with Crippen molar-refractivity contribution in [2.24, 2.45) is 17.8 Å². The van der Waals surface area contributed by atoms with E-state index < -0.39 is 0 Å². The highest BCUT2D eigenvalue weighted by molar-refractivity contribution is 5.80. The van der Waals surface area contributed by atoms with Crippen molar-refractivity contribution in [3.05, 3.63) is 18.7 Å². The standard InChI is InChI=1S/C18H28N4O3.CH2O2/c1-25-10-4-17(23)22-8-3-14-11-15(16(14)12-22)18(24)20-5-2-7-21-9-6-19-13-21;2-1-3/h6,9,13-16H,2-5,7-8,10-12H2,1H3,(H,20,24);1H,(H,2,3)/t14-,15-,16-;/m1./s1. The first-order valence-electron chi connectivity index (χ1n) is 9.68. The lowest BCUT2D eigenvalue weighted by molar-refractivity contribution is -0.145. The number of rotatable bonds is 8. The maximum absolute atomic E-state index is 12.4. The van der Waals surface area contributed by atoms with Gasteiger partial charge in [0.2, 0.25) is 11.8 Å². The van der Waals surface area contributed by atoms with E-state index in [4.69, 9.17) is 14.6 Å². The Bertz CT molecular complexity index is 622. The lowest BCUT2D eigenvalue weighted by Crippen LogP contribution is -2.56. The number of amides is 2. The van der Waals surface area contributed by atoms with E-state index >= 15 is 0 Å². The summed E-state index contributed by atoms with van der Waals surface area (Å²) in [4.78, 5) is 38.9. The van der Waals surface area contributed by atoms with E-state index in [0.29, 0.717) is 31.4 Å². The molecule has 1 aromatic heterocycles. The number of imidazole rings is 1. The molecule has 2 aliphatic rings. The molecule has 0 unspecified atom stereocenters. The predicted octanol–water partition coefficient (Wildman–Crippen LogP) is 0.611. The SMILES string of the molecule is COCCC(=O)N1CC[C@@H]2C[C@@H](C(=O)NCCCn3ccnc3)[C@@H]2C1.O=CO. The molecule has 2 N–H and O–H groups in total. The predicted molar refractivity (Wildman–Crippen MR) is 101 cm³/mol. The second-order valence-electron chi connectivity index (χ2n) is 7.19. The third kappa shape index (κ3) is 6.05. The summed E-state index contributed by atoms with van der Waals surface area (Å²) in [6.45, 7) is 3.30. The van der Waals surface area contributed by atoms with Gasteiger partial charge in [0.25, 0.3) is 6.47 Å². The number of nitrogens with one attached hydrogen (secondary N) is 1. The number of fused-ring (bicyclic) bond motifs is 1. The van der Waals surface area contributed by atoms with Crippen LogP contribution in [0.5, 0.6) is 0 Å². The Morgan fingerprint density at radius 1 is 1.43 bits per heavy atom. The third-order valence-corrected chi connectivity index (χ3v) is 5.54. The fourth-order valence-corrected chi connectivity index (χ4v) is 3.98. The smallest absolute Gasteiger partial charge is 0.290 e. The summed E-state index contributed by atoms with van der Waals surface area (Å²) < 4.78 is 7.00. The average molecular weight is 394 g/mol. The monoisotopic (exact) mass is 394 g/mol. The molecule has 1 aliphatic heterocycles. The van der Waals surface area contributed by atoms with E-state index in [0.717, 1.165) is 38.9 Å². The van der Waals surface area contributed by atoms with E-state index in [9.17, 15) is 9.59 Å². The van der Waals surface area contributed by atoms with E-state index in [1.54, 1.807) is 19.6 Å². The molecule has 156 valence electrons. The molecule has 9 nitrogen and oxygen atoms in total. The number of nitrogens with zero attached hydrogens (tertiary/aromatic N) is 3. The number of carboxylic acid groups (broad SMARTS) is 1. The fraction of sp³-hybridized carbons (Fsp3) is 0.684. The summed E-state index contributed by atoms with van der Waals surface area (Å²) in [7, 11) is 1.61. The number of piperidine rings is 1.